The number of nitrogens with zero attached hydrogens (tertiary/aromatic N) is 8. The summed E-state index contributed by atoms with van der Waals surface area (Å²) in [7, 11) is 11.9. The van der Waals surface area contributed by atoms with E-state index in [4.69, 9.17) is 0 Å². The van der Waals surface area contributed by atoms with Crippen LogP contribution in [0, 0.1) is 35.5 Å². The van der Waals surface area contributed by atoms with Crippen molar-refractivity contribution in [3.05, 3.63) is 18.2 Å². The highest BCUT2D eigenvalue weighted by molar-refractivity contribution is 6.01. The van der Waals surface area contributed by atoms with Gasteiger partial charge in [0.2, 0.25) is 59.1 Å². The average Bonchev–Trinajstić information content (AvgIpc) is 2.13. The molecule has 0 spiro atoms. The van der Waals surface area contributed by atoms with Gasteiger partial charge in [0.25, 0.3) is 0 Å². The molecule has 25 nitrogen and oxygen atoms in total. The summed E-state index contributed by atoms with van der Waals surface area (Å²) in [6.45, 7) is 26.0. The Morgan fingerprint density at radius 3 is 1.47 bits per heavy atom. The zero-order valence-electron chi connectivity index (χ0n) is 56.1. The van der Waals surface area contributed by atoms with Crippen molar-refractivity contribution in [2.75, 3.05) is 49.3 Å². The van der Waals surface area contributed by atoms with Gasteiger partial charge in [-0.25, -0.2) is 9.78 Å². The van der Waals surface area contributed by atoms with Gasteiger partial charge in [0.15, 0.2) is 0 Å². The largest absolute Gasteiger partial charge is 0.390 e. The fourth-order valence-corrected chi connectivity index (χ4v) is 10.1. The molecule has 12 amide bonds. The topological polar surface area (TPSA) is 305 Å². The predicted molar refractivity (Wildman–Crippen MR) is 329 cm³/mol. The molecule has 0 saturated heterocycles. The molecule has 0 radical (unpaired) electrons. The van der Waals surface area contributed by atoms with Crippen LogP contribution in [0.5, 0.6) is 0 Å². The summed E-state index contributed by atoms with van der Waals surface area (Å²) in [5.41, 5.74) is 0. The molecule has 1 aromatic rings. The number of nitrogens with one attached hydrogen (secondary N) is 5. The highest BCUT2D eigenvalue weighted by Gasteiger charge is 2.42. The second-order valence-corrected chi connectivity index (χ2v) is 25.4. The third-order valence-corrected chi connectivity index (χ3v) is 16.0. The van der Waals surface area contributed by atoms with Gasteiger partial charge < -0.3 is 60.3 Å². The minimum atomic E-state index is -1.34. The van der Waals surface area contributed by atoms with Gasteiger partial charge in [-0.05, 0) is 94.3 Å². The Balaban J connectivity index is 3.36. The Morgan fingerprint density at radius 1 is 0.558 bits per heavy atom. The number of hydrogen-bond acceptors (Lipinski definition) is 13. The third kappa shape index (κ3) is 22.6. The molecular weight excluding hydrogens is 1110 g/mol. The molecule has 0 bridgehead atoms. The molecule has 0 aliphatic rings. The van der Waals surface area contributed by atoms with Gasteiger partial charge in [0.1, 0.15) is 60.2 Å². The van der Waals surface area contributed by atoms with E-state index in [-0.39, 0.29) is 55.3 Å². The number of carbonyl (C=O) groups is 11. The molecule has 0 aliphatic heterocycles. The highest BCUT2D eigenvalue weighted by atomic mass is 16.3. The van der Waals surface area contributed by atoms with Gasteiger partial charge in [-0.15, -0.1) is 0 Å². The Bertz CT molecular complexity index is 2450. The fraction of sp³-hybridized carbons (Fsp3) is 0.770. The number of urea groups is 1. The first kappa shape index (κ1) is 77.4. The quantitative estimate of drug-likeness (QED) is 0.0579. The smallest absolute Gasteiger partial charge is 0.324 e. The summed E-state index contributed by atoms with van der Waals surface area (Å²) in [5, 5.41) is 24.6. The molecule has 25 heteroatoms. The van der Waals surface area contributed by atoms with E-state index in [0.717, 1.165) is 15.6 Å². The lowest BCUT2D eigenvalue weighted by molar-refractivity contribution is -0.150. The van der Waals surface area contributed by atoms with Gasteiger partial charge in [-0.3, -0.25) is 53.3 Å². The van der Waals surface area contributed by atoms with Gasteiger partial charge in [0, 0.05) is 82.1 Å². The van der Waals surface area contributed by atoms with Crippen LogP contribution in [-0.4, -0.2) is 219 Å². The van der Waals surface area contributed by atoms with Crippen molar-refractivity contribution in [2.45, 2.75) is 216 Å². The van der Waals surface area contributed by atoms with E-state index in [1.165, 1.54) is 89.7 Å². The number of likely N-dealkylation sites (N-methyl/N-ethyl adjacent to an activating group) is 7. The minimum Gasteiger partial charge on any atom is -0.390 e. The van der Waals surface area contributed by atoms with Crippen LogP contribution in [0.1, 0.15) is 155 Å². The second-order valence-electron chi connectivity index (χ2n) is 25.4. The zero-order valence-corrected chi connectivity index (χ0v) is 56.1. The summed E-state index contributed by atoms with van der Waals surface area (Å²) in [6.07, 6.45) is 5.01. The van der Waals surface area contributed by atoms with Crippen molar-refractivity contribution in [2.24, 2.45) is 42.6 Å². The second kappa shape index (κ2) is 35.8. The highest BCUT2D eigenvalue weighted by Crippen LogP contribution is 2.23. The van der Waals surface area contributed by atoms with E-state index >= 15 is 0 Å². The maximum Gasteiger partial charge on any atom is 0.324 e. The molecule has 86 heavy (non-hydrogen) atoms. The number of aryl methyl sites for hydroxylation is 2. The lowest BCUT2D eigenvalue weighted by atomic mass is 9.91. The van der Waals surface area contributed by atoms with Gasteiger partial charge in [-0.1, -0.05) is 83.1 Å². The lowest BCUT2D eigenvalue weighted by Gasteiger charge is -2.37. The summed E-state index contributed by atoms with van der Waals surface area (Å²) in [6, 6.07) is -11.3. The van der Waals surface area contributed by atoms with Gasteiger partial charge >= 0.3 is 6.03 Å². The number of imidazole rings is 1. The summed E-state index contributed by atoms with van der Waals surface area (Å²) in [4.78, 5) is 164. The standard InChI is InChI=1S/C61H109N13O12/c1-24-43(65-56(81)50(70(19)42(15)75)51(76)39(12)26-25-27-48-63-28-29-68(48)17)58(83)69(18)41(14)57(82)71(20)46(32-36(6)7)55(80)66-49(38(10)11)60(85)73(22)45(31-35(4)5)54(79)64-40(13)52(77)67-61(86)74(23)47(33-37(8)9)59(84)72(21)44(30-34(2)3)53(78)62-16/h28-29,34-41,43-47,49-51,76H,24-27,30-33H2,1-23H3,(H,62,78)(H,64,79)(H,65,81)(H,66,80)(H,67,77,86)/t39-,40-,41-,43+,44+,45+,46+,47+,49+,50+,51-/m1/s1. The number of carbonyl (C=O) groups excluding carboxylic acids is 11. The van der Waals surface area contributed by atoms with E-state index in [1.807, 2.05) is 73.2 Å². The third-order valence-electron chi connectivity index (χ3n) is 16.0. The Kier molecular flexibility index (Phi) is 32.2. The predicted octanol–water partition coefficient (Wildman–Crippen LogP) is 2.92. The molecule has 0 unspecified atom stereocenters. The van der Waals surface area contributed by atoms with Crippen LogP contribution in [0.4, 0.5) is 4.79 Å². The van der Waals surface area contributed by atoms with Crippen molar-refractivity contribution in [1.29, 1.82) is 0 Å². The van der Waals surface area contributed by atoms with Crippen molar-refractivity contribution < 1.29 is 57.8 Å². The number of imide groups is 1. The Labute approximate surface area is 512 Å². The Morgan fingerprint density at radius 2 is 1.02 bits per heavy atom. The van der Waals surface area contributed by atoms with Crippen LogP contribution in [-0.2, 0) is 61.4 Å². The van der Waals surface area contributed by atoms with Crippen molar-refractivity contribution >= 4 is 65.1 Å². The van der Waals surface area contributed by atoms with Crippen molar-refractivity contribution in [3.63, 3.8) is 0 Å². The first-order chi connectivity index (χ1) is 39.8. The van der Waals surface area contributed by atoms with Crippen LogP contribution >= 0.6 is 0 Å². The monoisotopic (exact) mass is 1220 g/mol. The molecule has 1 rings (SSSR count). The first-order valence-corrected chi connectivity index (χ1v) is 30.4. The van der Waals surface area contributed by atoms with Crippen molar-refractivity contribution in [1.82, 2.24) is 65.5 Å². The van der Waals surface area contributed by atoms with Crippen LogP contribution in [0.25, 0.3) is 0 Å². The lowest BCUT2D eigenvalue weighted by Crippen LogP contribution is -2.61. The number of aromatic nitrogens is 2. The maximum atomic E-state index is 14.6. The fourth-order valence-electron chi connectivity index (χ4n) is 10.1. The molecule has 6 N–H and O–H groups in total. The number of rotatable bonds is 34. The van der Waals surface area contributed by atoms with Crippen molar-refractivity contribution in [3.8, 4) is 0 Å². The summed E-state index contributed by atoms with van der Waals surface area (Å²) < 4.78 is 1.90. The Hall–Kier alpha value is -6.66. The average molecular weight is 1220 g/mol. The maximum absolute atomic E-state index is 14.6. The molecule has 0 saturated carbocycles. The van der Waals surface area contributed by atoms with E-state index in [1.54, 1.807) is 33.9 Å². The number of hydrogen-bond donors (Lipinski definition) is 6. The van der Waals surface area contributed by atoms with Crippen LogP contribution in [0.15, 0.2) is 12.4 Å². The first-order valence-electron chi connectivity index (χ1n) is 30.4. The molecular formula is C61H109N13O12. The molecule has 490 valence electrons. The molecule has 11 atom stereocenters. The van der Waals surface area contributed by atoms with Gasteiger partial charge in [0.05, 0.1) is 6.10 Å². The van der Waals surface area contributed by atoms with E-state index in [2.05, 4.69) is 31.6 Å². The normalized spacial score (nSPS) is 15.4. The molecule has 1 heterocycles. The molecule has 1 aromatic heterocycles. The zero-order chi connectivity index (χ0) is 66.5. The number of amides is 12. The minimum absolute atomic E-state index is 0.0665. The van der Waals surface area contributed by atoms with E-state index in [9.17, 15) is 57.8 Å². The van der Waals surface area contributed by atoms with Crippen LogP contribution < -0.4 is 26.6 Å². The van der Waals surface area contributed by atoms with E-state index < -0.39 is 132 Å². The number of aliphatic hydroxyl groups excluding tert-OH is 1. The van der Waals surface area contributed by atoms with E-state index in [0.29, 0.717) is 25.7 Å². The number of aliphatic hydroxyl groups is 1. The molecule has 0 aliphatic carbocycles. The summed E-state index contributed by atoms with van der Waals surface area (Å²) in [5.74, 6) is -6.65. The van der Waals surface area contributed by atoms with Crippen LogP contribution in [0.3, 0.4) is 0 Å². The van der Waals surface area contributed by atoms with Gasteiger partial charge in [-0.2, -0.15) is 0 Å². The molecule has 0 fully saturated rings. The van der Waals surface area contributed by atoms with Crippen LogP contribution in [0.2, 0.25) is 0 Å². The molecule has 0 aromatic carbocycles. The SMILES string of the molecule is CC[C@H](NC(=O)[C@H]([C@H](O)[C@H](C)CCCc1nccn1C)N(C)C(C)=O)C(=O)N(C)[C@H](C)C(=O)N(C)[C@@H](CC(C)C)C(=O)N[C@H](C(=O)N(C)[C@@H](CC(C)C)C(=O)N[C@H](C)C(=O)NC(=O)N(C)[C@@H](CC(C)C)C(=O)N(C)[C@@H](CC(C)C)C(=O)NC)C(C)C. The summed E-state index contributed by atoms with van der Waals surface area (Å²) >= 11 is 0.